The second-order valence-electron chi connectivity index (χ2n) is 13.6. The largest absolute Gasteiger partial charge is 0.504 e. The van der Waals surface area contributed by atoms with Gasteiger partial charge in [0.05, 0.1) is 11.5 Å². The summed E-state index contributed by atoms with van der Waals surface area (Å²) in [6.07, 6.45) is 5.04. The second kappa shape index (κ2) is 12.7. The zero-order chi connectivity index (χ0) is 36.2. The Morgan fingerprint density at radius 1 is 0.509 bits per heavy atom. The van der Waals surface area contributed by atoms with Gasteiger partial charge in [-0.05, 0) is 101 Å². The highest BCUT2D eigenvalue weighted by Gasteiger charge is 2.30. The summed E-state index contributed by atoms with van der Waals surface area (Å²) in [5.41, 5.74) is 7.96. The van der Waals surface area contributed by atoms with Crippen molar-refractivity contribution < 1.29 is 25.5 Å². The van der Waals surface area contributed by atoms with Crippen molar-refractivity contribution in [2.24, 2.45) is 5.92 Å². The minimum Gasteiger partial charge on any atom is -0.504 e. The number of benzene rings is 7. The lowest BCUT2D eigenvalue weighted by Gasteiger charge is -2.28. The maximum absolute atomic E-state index is 10.6. The van der Waals surface area contributed by atoms with Crippen LogP contribution in [0, 0.1) is 17.8 Å². The molecule has 2 aliphatic rings. The highest BCUT2D eigenvalue weighted by molar-refractivity contribution is 6.02. The van der Waals surface area contributed by atoms with Gasteiger partial charge in [-0.25, -0.2) is 0 Å². The van der Waals surface area contributed by atoms with Crippen LogP contribution < -0.4 is 10.4 Å². The van der Waals surface area contributed by atoms with Crippen molar-refractivity contribution >= 4 is 32.7 Å². The van der Waals surface area contributed by atoms with Gasteiger partial charge in [0.15, 0.2) is 11.5 Å². The summed E-state index contributed by atoms with van der Waals surface area (Å²) in [6.45, 7) is 0. The Balaban J connectivity index is 1.28. The predicted octanol–water partition coefficient (Wildman–Crippen LogP) is 9.00. The van der Waals surface area contributed by atoms with Gasteiger partial charge in [-0.15, -0.1) is 5.92 Å². The van der Waals surface area contributed by atoms with Gasteiger partial charge < -0.3 is 25.5 Å². The normalized spacial score (nSPS) is 16.2. The molecule has 0 bridgehead atoms. The van der Waals surface area contributed by atoms with Gasteiger partial charge in [-0.1, -0.05) is 127 Å². The SMILES string of the molecule is Oc1c(O)c(O)c(-c2ccc(C3=c4ccccc4=C(c4cccc5ccc(-c6ccc7ccccc7c6)cc45)/C4=C/CCCC#CC34)cc2)c(O)c1O. The van der Waals surface area contributed by atoms with E-state index in [4.69, 9.17) is 0 Å². The standard InChI is InChI=1S/C48H34O5/c49-44-42(45(50)47(52)48(53)46(44)51)31-22-20-30(21-23-31)41-35-13-3-1-2-4-14-37(35)43(38-16-8-7-15-36(38)41)39-17-9-12-29-19-25-34(27-40(29)39)33-24-18-28-10-5-6-11-32(28)26-33/h5-12,14-27,35,49-53H,1-2,4H2/b37-14+. The third-order valence-corrected chi connectivity index (χ3v) is 10.6. The highest BCUT2D eigenvalue weighted by Crippen LogP contribution is 2.54. The fraction of sp³-hybridized carbons (Fsp3) is 0.0833. The Kier molecular flexibility index (Phi) is 7.68. The Labute approximate surface area is 306 Å². The third-order valence-electron chi connectivity index (χ3n) is 10.6. The molecule has 7 aromatic carbocycles. The molecule has 53 heavy (non-hydrogen) atoms. The first-order valence-electron chi connectivity index (χ1n) is 17.7. The Bertz CT molecular complexity index is 2840. The smallest absolute Gasteiger partial charge is 0.208 e. The molecule has 0 fully saturated rings. The van der Waals surface area contributed by atoms with E-state index in [-0.39, 0.29) is 11.5 Å². The second-order valence-corrected chi connectivity index (χ2v) is 13.6. The molecular weight excluding hydrogens is 657 g/mol. The molecule has 0 radical (unpaired) electrons. The van der Waals surface area contributed by atoms with Gasteiger partial charge in [-0.2, -0.15) is 0 Å². The van der Waals surface area contributed by atoms with Crippen LogP contribution in [0.2, 0.25) is 0 Å². The molecule has 0 spiro atoms. The summed E-state index contributed by atoms with van der Waals surface area (Å²) < 4.78 is 0. The van der Waals surface area contributed by atoms with Crippen molar-refractivity contribution in [1.29, 1.82) is 0 Å². The number of rotatable bonds is 4. The van der Waals surface area contributed by atoms with Crippen LogP contribution in [0.3, 0.4) is 0 Å². The Morgan fingerprint density at radius 2 is 1.11 bits per heavy atom. The lowest BCUT2D eigenvalue weighted by atomic mass is 9.74. The van der Waals surface area contributed by atoms with E-state index in [2.05, 4.69) is 121 Å². The number of aromatic hydroxyl groups is 5. The molecular formula is C48H34O5. The molecule has 5 nitrogen and oxygen atoms in total. The fourth-order valence-corrected chi connectivity index (χ4v) is 7.98. The van der Waals surface area contributed by atoms with Gasteiger partial charge in [-0.3, -0.25) is 0 Å². The van der Waals surface area contributed by atoms with E-state index in [1.54, 1.807) is 12.1 Å². The van der Waals surface area contributed by atoms with Crippen molar-refractivity contribution in [1.82, 2.24) is 0 Å². The van der Waals surface area contributed by atoms with Crippen LogP contribution in [-0.2, 0) is 0 Å². The molecule has 1 unspecified atom stereocenters. The Hall–Kier alpha value is -6.90. The molecule has 5 heteroatoms. The Morgan fingerprint density at radius 3 is 1.89 bits per heavy atom. The lowest BCUT2D eigenvalue weighted by Crippen LogP contribution is -2.37. The molecule has 256 valence electrons. The van der Waals surface area contributed by atoms with Crippen molar-refractivity contribution in [2.75, 3.05) is 0 Å². The van der Waals surface area contributed by atoms with E-state index >= 15 is 0 Å². The van der Waals surface area contributed by atoms with Crippen LogP contribution in [-0.4, -0.2) is 25.5 Å². The molecule has 0 saturated heterocycles. The van der Waals surface area contributed by atoms with Gasteiger partial charge >= 0.3 is 0 Å². The van der Waals surface area contributed by atoms with Crippen LogP contribution >= 0.6 is 0 Å². The number of hydrogen-bond acceptors (Lipinski definition) is 5. The number of allylic oxidation sites excluding steroid dienone is 2. The first-order chi connectivity index (χ1) is 25.9. The highest BCUT2D eigenvalue weighted by atomic mass is 16.4. The molecule has 0 amide bonds. The quantitative estimate of drug-likeness (QED) is 0.0721. The first kappa shape index (κ1) is 32.0. The van der Waals surface area contributed by atoms with Crippen molar-refractivity contribution in [3.63, 3.8) is 0 Å². The molecule has 0 saturated carbocycles. The van der Waals surface area contributed by atoms with Crippen LogP contribution in [0.15, 0.2) is 139 Å². The number of phenolic OH excluding ortho intramolecular Hbond substituents is 5. The van der Waals surface area contributed by atoms with Crippen LogP contribution in [0.1, 0.15) is 30.4 Å². The lowest BCUT2D eigenvalue weighted by molar-refractivity contribution is 0.330. The van der Waals surface area contributed by atoms with Crippen molar-refractivity contribution in [3.05, 3.63) is 161 Å². The average Bonchev–Trinajstić information content (AvgIpc) is 3.19. The van der Waals surface area contributed by atoms with Gasteiger partial charge in [0.1, 0.15) is 0 Å². The van der Waals surface area contributed by atoms with Gasteiger partial charge in [0.25, 0.3) is 0 Å². The van der Waals surface area contributed by atoms with E-state index < -0.39 is 28.7 Å². The fourth-order valence-electron chi connectivity index (χ4n) is 7.98. The van der Waals surface area contributed by atoms with Gasteiger partial charge in [0, 0.05) is 6.42 Å². The first-order valence-corrected chi connectivity index (χ1v) is 17.7. The maximum Gasteiger partial charge on any atom is 0.208 e. The molecule has 9 rings (SSSR count). The van der Waals surface area contributed by atoms with E-state index in [0.29, 0.717) is 5.56 Å². The summed E-state index contributed by atoms with van der Waals surface area (Å²) in [5.74, 6) is 2.64. The summed E-state index contributed by atoms with van der Waals surface area (Å²) in [6, 6.07) is 44.0. The minimum absolute atomic E-state index is 0.181. The van der Waals surface area contributed by atoms with E-state index in [1.165, 1.54) is 32.9 Å². The molecule has 2 aliphatic carbocycles. The zero-order valence-electron chi connectivity index (χ0n) is 28.6. The predicted molar refractivity (Wildman–Crippen MR) is 211 cm³/mol. The molecule has 0 aliphatic heterocycles. The molecule has 1 atom stereocenters. The monoisotopic (exact) mass is 690 g/mol. The summed E-state index contributed by atoms with van der Waals surface area (Å²) in [5, 5.41) is 58.5. The van der Waals surface area contributed by atoms with Crippen molar-refractivity contribution in [2.45, 2.75) is 19.3 Å². The van der Waals surface area contributed by atoms with Crippen molar-refractivity contribution in [3.8, 4) is 62.8 Å². The molecule has 0 heterocycles. The summed E-state index contributed by atoms with van der Waals surface area (Å²) in [4.78, 5) is 0. The zero-order valence-corrected chi connectivity index (χ0v) is 28.6. The number of hydrogen-bond donors (Lipinski definition) is 5. The summed E-state index contributed by atoms with van der Waals surface area (Å²) >= 11 is 0. The van der Waals surface area contributed by atoms with E-state index in [9.17, 15) is 25.5 Å². The number of fused-ring (bicyclic) bond motifs is 4. The third kappa shape index (κ3) is 5.27. The maximum atomic E-state index is 10.6. The average molecular weight is 691 g/mol. The van der Waals surface area contributed by atoms with E-state index in [0.717, 1.165) is 57.3 Å². The van der Waals surface area contributed by atoms with Crippen LogP contribution in [0.25, 0.3) is 54.9 Å². The van der Waals surface area contributed by atoms with Crippen LogP contribution in [0.5, 0.6) is 28.7 Å². The van der Waals surface area contributed by atoms with Gasteiger partial charge in [0.2, 0.25) is 17.2 Å². The molecule has 7 aromatic rings. The molecule has 5 N–H and O–H groups in total. The summed E-state index contributed by atoms with van der Waals surface area (Å²) in [7, 11) is 0. The molecule has 0 aromatic heterocycles. The van der Waals surface area contributed by atoms with E-state index in [1.807, 2.05) is 12.1 Å². The van der Waals surface area contributed by atoms with Crippen LogP contribution in [0.4, 0.5) is 0 Å². The topological polar surface area (TPSA) is 101 Å². The minimum atomic E-state index is -0.986. The number of phenols is 5.